The van der Waals surface area contributed by atoms with Crippen LogP contribution in [0.1, 0.15) is 25.8 Å². The van der Waals surface area contributed by atoms with E-state index in [1.54, 1.807) is 19.2 Å². The van der Waals surface area contributed by atoms with Crippen LogP contribution in [-0.4, -0.2) is 31.1 Å². The Morgan fingerprint density at radius 3 is 2.84 bits per heavy atom. The molecule has 106 valence electrons. The van der Waals surface area contributed by atoms with Crippen LogP contribution in [0.5, 0.6) is 5.75 Å². The lowest BCUT2D eigenvalue weighted by molar-refractivity contribution is 0.0891. The lowest BCUT2D eigenvalue weighted by atomic mass is 9.79. The molecule has 1 aliphatic rings. The Morgan fingerprint density at radius 1 is 1.47 bits per heavy atom. The van der Waals surface area contributed by atoms with E-state index in [1.807, 2.05) is 0 Å². The number of methoxy groups -OCH3 is 1. The van der Waals surface area contributed by atoms with Gasteiger partial charge in [-0.05, 0) is 30.0 Å². The molecule has 3 nitrogen and oxygen atoms in total. The van der Waals surface area contributed by atoms with Gasteiger partial charge >= 0.3 is 0 Å². The van der Waals surface area contributed by atoms with Gasteiger partial charge in [0, 0.05) is 31.2 Å². The van der Waals surface area contributed by atoms with E-state index in [0.29, 0.717) is 6.54 Å². The summed E-state index contributed by atoms with van der Waals surface area (Å²) in [4.78, 5) is 2.32. The first-order chi connectivity index (χ1) is 8.92. The third-order valence-corrected chi connectivity index (χ3v) is 4.03. The van der Waals surface area contributed by atoms with Gasteiger partial charge in [0.2, 0.25) is 0 Å². The lowest BCUT2D eigenvalue weighted by Crippen LogP contribution is -2.52. The third kappa shape index (κ3) is 3.25. The number of likely N-dealkylation sites (tertiary alicyclic amines) is 1. The van der Waals surface area contributed by atoms with Gasteiger partial charge in [-0.2, -0.15) is 0 Å². The van der Waals surface area contributed by atoms with Gasteiger partial charge in [-0.15, -0.1) is 0 Å². The summed E-state index contributed by atoms with van der Waals surface area (Å²) in [6.07, 6.45) is 0.977. The van der Waals surface area contributed by atoms with E-state index < -0.39 is 0 Å². The highest BCUT2D eigenvalue weighted by Crippen LogP contribution is 2.30. The maximum absolute atomic E-state index is 13.4. The minimum Gasteiger partial charge on any atom is -0.496 e. The summed E-state index contributed by atoms with van der Waals surface area (Å²) in [6, 6.07) is 4.91. The molecule has 1 unspecified atom stereocenters. The first kappa shape index (κ1) is 14.3. The van der Waals surface area contributed by atoms with Crippen molar-refractivity contribution in [3.05, 3.63) is 29.6 Å². The monoisotopic (exact) mass is 266 g/mol. The Bertz CT molecular complexity index is 448. The minimum absolute atomic E-state index is 0.0960. The Hall–Kier alpha value is -1.13. The smallest absolute Gasteiger partial charge is 0.123 e. The van der Waals surface area contributed by atoms with E-state index in [1.165, 1.54) is 6.07 Å². The second kappa shape index (κ2) is 5.47. The fourth-order valence-electron chi connectivity index (χ4n) is 2.73. The average molecular weight is 266 g/mol. The van der Waals surface area contributed by atoms with Gasteiger partial charge in [0.15, 0.2) is 0 Å². The van der Waals surface area contributed by atoms with Crippen molar-refractivity contribution in [2.45, 2.75) is 32.9 Å². The molecule has 4 heteroatoms. The molecule has 1 fully saturated rings. The van der Waals surface area contributed by atoms with Crippen LogP contribution >= 0.6 is 0 Å². The maximum Gasteiger partial charge on any atom is 0.123 e. The summed E-state index contributed by atoms with van der Waals surface area (Å²) in [5, 5.41) is 0. The zero-order valence-corrected chi connectivity index (χ0v) is 11.9. The molecule has 1 aromatic carbocycles. The maximum atomic E-state index is 13.4. The molecule has 0 spiro atoms. The number of halogens is 1. The highest BCUT2D eigenvalue weighted by Gasteiger charge is 2.33. The second-order valence-electron chi connectivity index (χ2n) is 6.05. The number of piperidine rings is 1. The van der Waals surface area contributed by atoms with Gasteiger partial charge in [-0.25, -0.2) is 4.39 Å². The molecule has 1 aliphatic heterocycles. The van der Waals surface area contributed by atoms with Crippen molar-refractivity contribution in [3.8, 4) is 5.75 Å². The quantitative estimate of drug-likeness (QED) is 0.913. The number of hydrogen-bond acceptors (Lipinski definition) is 3. The average Bonchev–Trinajstić information content (AvgIpc) is 2.34. The molecule has 1 saturated heterocycles. The van der Waals surface area contributed by atoms with Gasteiger partial charge in [0.25, 0.3) is 0 Å². The third-order valence-electron chi connectivity index (χ3n) is 4.03. The standard InChI is InChI=1S/C15H23FN2O/c1-15(2)10-18(7-6-14(15)17)9-11-8-12(16)4-5-13(11)19-3/h4-5,8,14H,6-7,9-10,17H2,1-3H3. The number of ether oxygens (including phenoxy) is 1. The summed E-state index contributed by atoms with van der Waals surface area (Å²) in [6.45, 7) is 6.95. The zero-order valence-electron chi connectivity index (χ0n) is 11.9. The molecule has 0 aromatic heterocycles. The Morgan fingerprint density at radius 2 is 2.21 bits per heavy atom. The highest BCUT2D eigenvalue weighted by atomic mass is 19.1. The summed E-state index contributed by atoms with van der Waals surface area (Å²) in [5.74, 6) is 0.526. The number of rotatable bonds is 3. The zero-order chi connectivity index (χ0) is 14.0. The molecule has 1 aromatic rings. The second-order valence-corrected chi connectivity index (χ2v) is 6.05. The number of nitrogens with two attached hydrogens (primary N) is 1. The van der Waals surface area contributed by atoms with Gasteiger partial charge in [0.1, 0.15) is 11.6 Å². The number of benzene rings is 1. The Kier molecular flexibility index (Phi) is 4.11. The molecule has 0 bridgehead atoms. The molecule has 2 rings (SSSR count). The van der Waals surface area contributed by atoms with E-state index >= 15 is 0 Å². The van der Waals surface area contributed by atoms with Crippen LogP contribution in [0.15, 0.2) is 18.2 Å². The van der Waals surface area contributed by atoms with Crippen LogP contribution in [0.2, 0.25) is 0 Å². The van der Waals surface area contributed by atoms with Crippen molar-refractivity contribution in [1.82, 2.24) is 4.90 Å². The van der Waals surface area contributed by atoms with E-state index in [4.69, 9.17) is 10.5 Å². The molecule has 0 saturated carbocycles. The van der Waals surface area contributed by atoms with E-state index in [9.17, 15) is 4.39 Å². The van der Waals surface area contributed by atoms with Crippen molar-refractivity contribution in [2.24, 2.45) is 11.1 Å². The molecule has 1 heterocycles. The lowest BCUT2D eigenvalue weighted by Gasteiger charge is -2.42. The van der Waals surface area contributed by atoms with Crippen LogP contribution in [-0.2, 0) is 6.54 Å². The molecular formula is C15H23FN2O. The van der Waals surface area contributed by atoms with Crippen LogP contribution < -0.4 is 10.5 Å². The molecule has 0 amide bonds. The molecule has 0 aliphatic carbocycles. The van der Waals surface area contributed by atoms with Crippen molar-refractivity contribution in [2.75, 3.05) is 20.2 Å². The number of nitrogens with zero attached hydrogens (tertiary/aromatic N) is 1. The van der Waals surface area contributed by atoms with Crippen LogP contribution in [0.3, 0.4) is 0 Å². The van der Waals surface area contributed by atoms with Crippen molar-refractivity contribution in [3.63, 3.8) is 0 Å². The minimum atomic E-state index is -0.219. The number of hydrogen-bond donors (Lipinski definition) is 1. The molecule has 2 N–H and O–H groups in total. The van der Waals surface area contributed by atoms with E-state index in [2.05, 4.69) is 18.7 Å². The molecular weight excluding hydrogens is 243 g/mol. The van der Waals surface area contributed by atoms with E-state index in [0.717, 1.165) is 30.8 Å². The van der Waals surface area contributed by atoms with Crippen molar-refractivity contribution >= 4 is 0 Å². The largest absolute Gasteiger partial charge is 0.496 e. The van der Waals surface area contributed by atoms with Gasteiger partial charge in [-0.3, -0.25) is 4.90 Å². The van der Waals surface area contributed by atoms with Crippen molar-refractivity contribution < 1.29 is 9.13 Å². The van der Waals surface area contributed by atoms with Crippen LogP contribution in [0.4, 0.5) is 4.39 Å². The highest BCUT2D eigenvalue weighted by molar-refractivity contribution is 5.33. The van der Waals surface area contributed by atoms with Gasteiger partial charge in [0.05, 0.1) is 7.11 Å². The Labute approximate surface area is 114 Å². The SMILES string of the molecule is COc1ccc(F)cc1CN1CCC(N)C(C)(C)C1. The summed E-state index contributed by atoms with van der Waals surface area (Å²) < 4.78 is 18.7. The first-order valence-corrected chi connectivity index (χ1v) is 6.73. The predicted molar refractivity (Wildman–Crippen MR) is 74.6 cm³/mol. The summed E-state index contributed by atoms with van der Waals surface area (Å²) >= 11 is 0. The fourth-order valence-corrected chi connectivity index (χ4v) is 2.73. The summed E-state index contributed by atoms with van der Waals surface area (Å²) in [5.41, 5.74) is 7.13. The topological polar surface area (TPSA) is 38.5 Å². The van der Waals surface area contributed by atoms with Gasteiger partial charge in [-0.1, -0.05) is 13.8 Å². The predicted octanol–water partition coefficient (Wildman–Crippen LogP) is 2.39. The van der Waals surface area contributed by atoms with Crippen LogP contribution in [0, 0.1) is 11.2 Å². The van der Waals surface area contributed by atoms with Gasteiger partial charge < -0.3 is 10.5 Å². The first-order valence-electron chi connectivity index (χ1n) is 6.73. The normalized spacial score (nSPS) is 23.3. The van der Waals surface area contributed by atoms with E-state index in [-0.39, 0.29) is 17.3 Å². The summed E-state index contributed by atoms with van der Waals surface area (Å²) in [7, 11) is 1.62. The molecule has 0 radical (unpaired) electrons. The van der Waals surface area contributed by atoms with Crippen LogP contribution in [0.25, 0.3) is 0 Å². The fraction of sp³-hybridized carbons (Fsp3) is 0.600. The molecule has 1 atom stereocenters. The Balaban J connectivity index is 2.11. The molecule has 19 heavy (non-hydrogen) atoms. The van der Waals surface area contributed by atoms with Crippen molar-refractivity contribution in [1.29, 1.82) is 0 Å².